The van der Waals surface area contributed by atoms with Crippen LogP contribution in [0.5, 0.6) is 0 Å². The number of hydrogen-bond donors (Lipinski definition) is 0. The van der Waals surface area contributed by atoms with E-state index in [0.29, 0.717) is 11.3 Å². The Morgan fingerprint density at radius 2 is 2.14 bits per heavy atom. The summed E-state index contributed by atoms with van der Waals surface area (Å²) >= 11 is 1.44. The molecule has 0 fully saturated rings. The van der Waals surface area contributed by atoms with Crippen molar-refractivity contribution in [3.63, 3.8) is 0 Å². The Hall–Kier alpha value is -1.79. The molecule has 22 heavy (non-hydrogen) atoms. The summed E-state index contributed by atoms with van der Waals surface area (Å²) in [6, 6.07) is 0. The van der Waals surface area contributed by atoms with Crippen molar-refractivity contribution in [2.75, 3.05) is 0 Å². The molecule has 6 heteroatoms. The van der Waals surface area contributed by atoms with Gasteiger partial charge in [-0.2, -0.15) is 0 Å². The second kappa shape index (κ2) is 4.36. The molecule has 3 aromatic heterocycles. The lowest BCUT2D eigenvalue weighted by atomic mass is 9.89. The Morgan fingerprint density at radius 3 is 2.91 bits per heavy atom. The van der Waals surface area contributed by atoms with Gasteiger partial charge in [0.25, 0.3) is 5.56 Å². The molecule has 3 aromatic rings. The van der Waals surface area contributed by atoms with Crippen LogP contribution in [0.1, 0.15) is 30.7 Å². The summed E-state index contributed by atoms with van der Waals surface area (Å²) in [5, 5.41) is 1.04. The molecule has 0 saturated heterocycles. The monoisotopic (exact) mass is 315 g/mol. The lowest BCUT2D eigenvalue weighted by Gasteiger charge is -2.32. The molecule has 1 aliphatic rings. The van der Waals surface area contributed by atoms with Crippen LogP contribution in [-0.4, -0.2) is 20.1 Å². The minimum atomic E-state index is -0.207. The van der Waals surface area contributed by atoms with Crippen molar-refractivity contribution in [1.82, 2.24) is 14.5 Å². The van der Waals surface area contributed by atoms with Gasteiger partial charge in [0.1, 0.15) is 9.53 Å². The van der Waals surface area contributed by atoms with Gasteiger partial charge < -0.3 is 9.30 Å². The van der Waals surface area contributed by atoms with Crippen LogP contribution in [0.25, 0.3) is 20.4 Å². The van der Waals surface area contributed by atoms with Crippen molar-refractivity contribution in [2.45, 2.75) is 39.4 Å². The molecule has 0 saturated carbocycles. The van der Waals surface area contributed by atoms with Crippen LogP contribution in [0.2, 0.25) is 0 Å². The summed E-state index contributed by atoms with van der Waals surface area (Å²) in [5.41, 5.74) is 3.94. The molecule has 4 heterocycles. The third-order valence-corrected chi connectivity index (χ3v) is 5.38. The smallest absolute Gasteiger partial charge is 0.271 e. The van der Waals surface area contributed by atoms with Crippen LogP contribution in [0.15, 0.2) is 11.1 Å². The summed E-state index contributed by atoms with van der Waals surface area (Å²) in [7, 11) is 1.73. The largest absolute Gasteiger partial charge is 0.370 e. The number of ether oxygens (including phenoxy) is 1. The van der Waals surface area contributed by atoms with Gasteiger partial charge in [0, 0.05) is 30.1 Å². The van der Waals surface area contributed by atoms with Gasteiger partial charge in [-0.05, 0) is 26.3 Å². The van der Waals surface area contributed by atoms with Crippen LogP contribution >= 0.6 is 11.3 Å². The summed E-state index contributed by atoms with van der Waals surface area (Å²) in [5.74, 6) is 0. The molecule has 0 unspecified atom stereocenters. The molecular formula is C16H17N3O2S. The molecular weight excluding hydrogens is 298 g/mol. The first kappa shape index (κ1) is 13.8. The second-order valence-corrected chi connectivity index (χ2v) is 7.50. The van der Waals surface area contributed by atoms with Crippen LogP contribution in [-0.2, 0) is 24.8 Å². The van der Waals surface area contributed by atoms with E-state index in [2.05, 4.69) is 18.8 Å². The fraction of sp³-hybridized carbons (Fsp3) is 0.438. The fourth-order valence-corrected chi connectivity index (χ4v) is 4.29. The Kier molecular flexibility index (Phi) is 2.75. The molecule has 114 valence electrons. The van der Waals surface area contributed by atoms with E-state index < -0.39 is 0 Å². The highest BCUT2D eigenvalue weighted by Gasteiger charge is 2.30. The highest BCUT2D eigenvalue weighted by molar-refractivity contribution is 7.25. The lowest BCUT2D eigenvalue weighted by Crippen LogP contribution is -2.32. The zero-order valence-corrected chi connectivity index (χ0v) is 13.9. The average molecular weight is 315 g/mol. The van der Waals surface area contributed by atoms with E-state index in [1.807, 2.05) is 6.92 Å². The molecule has 0 atom stereocenters. The third kappa shape index (κ3) is 1.84. The first-order valence-electron chi connectivity index (χ1n) is 7.27. The van der Waals surface area contributed by atoms with E-state index in [4.69, 9.17) is 9.72 Å². The SMILES string of the molecule is Cc1nc2sc3c(=O)n(C)cnc3c2c2c1COC(C)(C)C2. The van der Waals surface area contributed by atoms with E-state index in [1.165, 1.54) is 21.5 Å². The number of thiophene rings is 1. The maximum atomic E-state index is 12.4. The van der Waals surface area contributed by atoms with Gasteiger partial charge >= 0.3 is 0 Å². The quantitative estimate of drug-likeness (QED) is 0.640. The van der Waals surface area contributed by atoms with Crippen molar-refractivity contribution in [2.24, 2.45) is 7.05 Å². The Labute approximate surface area is 131 Å². The summed E-state index contributed by atoms with van der Waals surface area (Å²) in [6.07, 6.45) is 2.40. The molecule has 0 aliphatic carbocycles. The van der Waals surface area contributed by atoms with Crippen LogP contribution in [0, 0.1) is 6.92 Å². The Bertz CT molecular complexity index is 985. The molecule has 0 bridgehead atoms. The first-order chi connectivity index (χ1) is 10.4. The topological polar surface area (TPSA) is 57.0 Å². The highest BCUT2D eigenvalue weighted by Crippen LogP contribution is 2.39. The molecule has 0 spiro atoms. The average Bonchev–Trinajstić information content (AvgIpc) is 2.81. The van der Waals surface area contributed by atoms with Crippen molar-refractivity contribution in [3.8, 4) is 0 Å². The lowest BCUT2D eigenvalue weighted by molar-refractivity contribution is -0.0400. The minimum Gasteiger partial charge on any atom is -0.370 e. The second-order valence-electron chi connectivity index (χ2n) is 6.50. The van der Waals surface area contributed by atoms with E-state index >= 15 is 0 Å². The number of pyridine rings is 1. The van der Waals surface area contributed by atoms with E-state index in [1.54, 1.807) is 13.4 Å². The van der Waals surface area contributed by atoms with Crippen molar-refractivity contribution < 1.29 is 4.74 Å². The predicted octanol–water partition coefficient (Wildman–Crippen LogP) is 2.70. The van der Waals surface area contributed by atoms with Crippen LogP contribution in [0.3, 0.4) is 0 Å². The van der Waals surface area contributed by atoms with Gasteiger partial charge in [-0.3, -0.25) is 4.79 Å². The molecule has 0 amide bonds. The van der Waals surface area contributed by atoms with E-state index in [0.717, 1.165) is 33.4 Å². The molecule has 0 aromatic carbocycles. The van der Waals surface area contributed by atoms with E-state index in [-0.39, 0.29) is 11.2 Å². The van der Waals surface area contributed by atoms with Crippen molar-refractivity contribution >= 4 is 31.8 Å². The highest BCUT2D eigenvalue weighted by atomic mass is 32.1. The molecule has 0 radical (unpaired) electrons. The van der Waals surface area contributed by atoms with Crippen LogP contribution in [0.4, 0.5) is 0 Å². The number of fused-ring (bicyclic) bond motifs is 5. The zero-order chi connectivity index (χ0) is 15.6. The fourth-order valence-electron chi connectivity index (χ4n) is 3.11. The standard InChI is InChI=1S/C16H17N3O2S/c1-8-10-6-21-16(2,3)5-9(10)11-12-13(22-14(11)18-8)15(20)19(4)7-17-12/h7H,5-6H2,1-4H3. The maximum Gasteiger partial charge on any atom is 0.271 e. The maximum absolute atomic E-state index is 12.4. The number of rotatable bonds is 0. The number of aromatic nitrogens is 3. The molecule has 5 nitrogen and oxygen atoms in total. The van der Waals surface area contributed by atoms with Gasteiger partial charge in [0.15, 0.2) is 0 Å². The molecule has 0 N–H and O–H groups in total. The van der Waals surface area contributed by atoms with Gasteiger partial charge in [-0.1, -0.05) is 0 Å². The first-order valence-corrected chi connectivity index (χ1v) is 8.09. The molecule has 4 rings (SSSR count). The van der Waals surface area contributed by atoms with Crippen molar-refractivity contribution in [3.05, 3.63) is 33.5 Å². The normalized spacial score (nSPS) is 17.1. The zero-order valence-electron chi connectivity index (χ0n) is 13.1. The van der Waals surface area contributed by atoms with Crippen LogP contribution < -0.4 is 5.56 Å². The van der Waals surface area contributed by atoms with Gasteiger partial charge in [-0.25, -0.2) is 9.97 Å². The number of nitrogens with zero attached hydrogens (tertiary/aromatic N) is 3. The summed E-state index contributed by atoms with van der Waals surface area (Å²) < 4.78 is 8.13. The third-order valence-electron chi connectivity index (χ3n) is 4.32. The van der Waals surface area contributed by atoms with Gasteiger partial charge in [0.05, 0.1) is 24.1 Å². The molecule has 1 aliphatic heterocycles. The van der Waals surface area contributed by atoms with Crippen molar-refractivity contribution in [1.29, 1.82) is 0 Å². The van der Waals surface area contributed by atoms with E-state index in [9.17, 15) is 4.79 Å². The minimum absolute atomic E-state index is 0.00859. The number of hydrogen-bond acceptors (Lipinski definition) is 5. The van der Waals surface area contributed by atoms with Gasteiger partial charge in [-0.15, -0.1) is 11.3 Å². The Morgan fingerprint density at radius 1 is 1.36 bits per heavy atom. The predicted molar refractivity (Wildman–Crippen MR) is 87.5 cm³/mol. The summed E-state index contributed by atoms with van der Waals surface area (Å²) in [6.45, 7) is 6.77. The summed E-state index contributed by atoms with van der Waals surface area (Å²) in [4.78, 5) is 22.5. The number of aryl methyl sites for hydroxylation is 2. The van der Waals surface area contributed by atoms with Gasteiger partial charge in [0.2, 0.25) is 0 Å². The Balaban J connectivity index is 2.18.